The minimum Gasteiger partial charge on any atom is -0.353 e. The molecule has 0 radical (unpaired) electrons. The van der Waals surface area contributed by atoms with Crippen molar-refractivity contribution >= 4 is 5.91 Å². The molecule has 0 bridgehead atoms. The van der Waals surface area contributed by atoms with Crippen LogP contribution in [0.15, 0.2) is 0 Å². The number of carbonyl (C=O) groups is 1. The molecule has 1 heterocycles. The number of amides is 1. The van der Waals surface area contributed by atoms with E-state index in [1.54, 1.807) is 0 Å². The van der Waals surface area contributed by atoms with Gasteiger partial charge < -0.3 is 10.6 Å². The number of hydrogen-bond donors (Lipinski definition) is 2. The minimum absolute atomic E-state index is 0.00709. The molecule has 0 aromatic heterocycles. The zero-order valence-electron chi connectivity index (χ0n) is 9.59. The molecule has 1 saturated carbocycles. The van der Waals surface area contributed by atoms with Crippen LogP contribution < -0.4 is 10.6 Å². The first-order chi connectivity index (χ1) is 7.25. The Hall–Kier alpha value is -0.570. The van der Waals surface area contributed by atoms with Crippen LogP contribution in [0.5, 0.6) is 0 Å². The second kappa shape index (κ2) is 4.97. The van der Waals surface area contributed by atoms with Gasteiger partial charge in [0.15, 0.2) is 0 Å². The van der Waals surface area contributed by atoms with Gasteiger partial charge in [-0.3, -0.25) is 4.79 Å². The van der Waals surface area contributed by atoms with E-state index in [-0.39, 0.29) is 11.9 Å². The molecule has 3 nitrogen and oxygen atoms in total. The van der Waals surface area contributed by atoms with E-state index >= 15 is 0 Å². The Labute approximate surface area is 92.0 Å². The topological polar surface area (TPSA) is 41.1 Å². The van der Waals surface area contributed by atoms with Gasteiger partial charge in [-0.05, 0) is 19.3 Å². The van der Waals surface area contributed by atoms with Crippen LogP contribution in [0.2, 0.25) is 0 Å². The summed E-state index contributed by atoms with van der Waals surface area (Å²) in [6.45, 7) is 2.77. The van der Waals surface area contributed by atoms with Crippen molar-refractivity contribution in [1.82, 2.24) is 10.6 Å². The predicted molar refractivity (Wildman–Crippen MR) is 60.6 cm³/mol. The van der Waals surface area contributed by atoms with Crippen LogP contribution in [0, 0.1) is 5.92 Å². The van der Waals surface area contributed by atoms with Gasteiger partial charge in [0.1, 0.15) is 0 Å². The molecule has 2 N–H and O–H groups in total. The maximum atomic E-state index is 11.3. The van der Waals surface area contributed by atoms with E-state index in [1.165, 1.54) is 38.5 Å². The van der Waals surface area contributed by atoms with Gasteiger partial charge >= 0.3 is 0 Å². The average molecular weight is 210 g/mol. The summed E-state index contributed by atoms with van der Waals surface area (Å²) in [6.07, 6.45) is 8.24. The average Bonchev–Trinajstić information content (AvgIpc) is 2.25. The number of piperazine rings is 1. The summed E-state index contributed by atoms with van der Waals surface area (Å²) in [5, 5.41) is 6.37. The lowest BCUT2D eigenvalue weighted by molar-refractivity contribution is -0.124. The zero-order chi connectivity index (χ0) is 10.7. The Morgan fingerprint density at radius 2 is 2.00 bits per heavy atom. The van der Waals surface area contributed by atoms with Crippen molar-refractivity contribution in [2.75, 3.05) is 6.54 Å². The molecule has 3 heteroatoms. The molecule has 2 aliphatic rings. The molecule has 0 aromatic rings. The lowest BCUT2D eigenvalue weighted by Crippen LogP contribution is -2.57. The number of carbonyl (C=O) groups excluding carboxylic acids is 1. The van der Waals surface area contributed by atoms with Gasteiger partial charge in [-0.1, -0.05) is 32.1 Å². The maximum Gasteiger partial charge on any atom is 0.236 e. The fraction of sp³-hybridized carbons (Fsp3) is 0.917. The van der Waals surface area contributed by atoms with Gasteiger partial charge in [-0.2, -0.15) is 0 Å². The molecular weight excluding hydrogens is 188 g/mol. The largest absolute Gasteiger partial charge is 0.353 e. The summed E-state index contributed by atoms with van der Waals surface area (Å²) in [7, 11) is 0. The molecule has 2 atom stereocenters. The second-order valence-electron chi connectivity index (χ2n) is 5.07. The van der Waals surface area contributed by atoms with E-state index in [0.717, 1.165) is 12.5 Å². The van der Waals surface area contributed by atoms with Crippen LogP contribution in [0.4, 0.5) is 0 Å². The van der Waals surface area contributed by atoms with E-state index < -0.39 is 0 Å². The van der Waals surface area contributed by atoms with Gasteiger partial charge in [-0.25, -0.2) is 0 Å². The van der Waals surface area contributed by atoms with E-state index in [0.29, 0.717) is 6.04 Å². The summed E-state index contributed by atoms with van der Waals surface area (Å²) in [4.78, 5) is 11.3. The number of rotatable bonds is 2. The normalized spacial score (nSPS) is 33.8. The zero-order valence-corrected chi connectivity index (χ0v) is 9.59. The first kappa shape index (κ1) is 10.9. The van der Waals surface area contributed by atoms with E-state index in [4.69, 9.17) is 0 Å². The molecule has 2 unspecified atom stereocenters. The Balaban J connectivity index is 1.76. The van der Waals surface area contributed by atoms with Crippen LogP contribution in [0.3, 0.4) is 0 Å². The lowest BCUT2D eigenvalue weighted by Gasteiger charge is -2.32. The van der Waals surface area contributed by atoms with Crippen molar-refractivity contribution in [1.29, 1.82) is 0 Å². The fourth-order valence-electron chi connectivity index (χ4n) is 2.84. The third-order valence-electron chi connectivity index (χ3n) is 3.74. The lowest BCUT2D eigenvalue weighted by atomic mass is 9.84. The SMILES string of the molecule is CC1NC(CC2CCCCC2)CNC1=O. The highest BCUT2D eigenvalue weighted by atomic mass is 16.2. The van der Waals surface area contributed by atoms with Crippen molar-refractivity contribution in [3.05, 3.63) is 0 Å². The van der Waals surface area contributed by atoms with Crippen molar-refractivity contribution in [3.63, 3.8) is 0 Å². The van der Waals surface area contributed by atoms with Gasteiger partial charge in [0.2, 0.25) is 5.91 Å². The number of nitrogens with one attached hydrogen (secondary N) is 2. The van der Waals surface area contributed by atoms with Crippen molar-refractivity contribution in [3.8, 4) is 0 Å². The molecule has 0 aromatic carbocycles. The monoisotopic (exact) mass is 210 g/mol. The molecule has 0 spiro atoms. The van der Waals surface area contributed by atoms with Crippen molar-refractivity contribution in [2.24, 2.45) is 5.92 Å². The maximum absolute atomic E-state index is 11.3. The summed E-state index contributed by atoms with van der Waals surface area (Å²) < 4.78 is 0. The van der Waals surface area contributed by atoms with E-state index in [9.17, 15) is 4.79 Å². The first-order valence-corrected chi connectivity index (χ1v) is 6.29. The summed E-state index contributed by atoms with van der Waals surface area (Å²) in [5.74, 6) is 1.04. The Morgan fingerprint density at radius 3 is 2.67 bits per heavy atom. The van der Waals surface area contributed by atoms with Gasteiger partial charge in [0.25, 0.3) is 0 Å². The third-order valence-corrected chi connectivity index (χ3v) is 3.74. The van der Waals surface area contributed by atoms with Crippen LogP contribution in [0.25, 0.3) is 0 Å². The fourth-order valence-corrected chi connectivity index (χ4v) is 2.84. The summed E-state index contributed by atoms with van der Waals surface area (Å²) in [6, 6.07) is 0.494. The Morgan fingerprint density at radius 1 is 1.27 bits per heavy atom. The molecule has 1 aliphatic carbocycles. The van der Waals surface area contributed by atoms with Crippen LogP contribution >= 0.6 is 0 Å². The van der Waals surface area contributed by atoms with Gasteiger partial charge in [-0.15, -0.1) is 0 Å². The van der Waals surface area contributed by atoms with E-state index in [1.807, 2.05) is 6.92 Å². The number of hydrogen-bond acceptors (Lipinski definition) is 2. The molecule has 2 fully saturated rings. The highest BCUT2D eigenvalue weighted by Crippen LogP contribution is 2.27. The molecule has 2 rings (SSSR count). The first-order valence-electron chi connectivity index (χ1n) is 6.29. The van der Waals surface area contributed by atoms with Crippen LogP contribution in [-0.2, 0) is 4.79 Å². The van der Waals surface area contributed by atoms with Gasteiger partial charge in [0.05, 0.1) is 6.04 Å². The molecule has 1 amide bonds. The minimum atomic E-state index is -0.00709. The molecule has 1 saturated heterocycles. The second-order valence-corrected chi connectivity index (χ2v) is 5.07. The summed E-state index contributed by atoms with van der Waals surface area (Å²) in [5.41, 5.74) is 0. The Bertz CT molecular complexity index is 224. The standard InChI is InChI=1S/C12H22N2O/c1-9-12(15)13-8-11(14-9)7-10-5-3-2-4-6-10/h9-11,14H,2-8H2,1H3,(H,13,15). The van der Waals surface area contributed by atoms with E-state index in [2.05, 4.69) is 10.6 Å². The van der Waals surface area contributed by atoms with Gasteiger partial charge in [0, 0.05) is 12.6 Å². The van der Waals surface area contributed by atoms with Crippen molar-refractivity contribution in [2.45, 2.75) is 57.5 Å². The summed E-state index contributed by atoms with van der Waals surface area (Å²) >= 11 is 0. The third kappa shape index (κ3) is 2.94. The molecule has 1 aliphatic heterocycles. The predicted octanol–water partition coefficient (Wildman–Crippen LogP) is 1.43. The Kier molecular flexibility index (Phi) is 3.62. The smallest absolute Gasteiger partial charge is 0.236 e. The van der Waals surface area contributed by atoms with Crippen LogP contribution in [-0.4, -0.2) is 24.5 Å². The molecule has 15 heavy (non-hydrogen) atoms. The molecule has 86 valence electrons. The molecular formula is C12H22N2O. The highest BCUT2D eigenvalue weighted by Gasteiger charge is 2.26. The van der Waals surface area contributed by atoms with Crippen molar-refractivity contribution < 1.29 is 4.79 Å². The van der Waals surface area contributed by atoms with Crippen LogP contribution in [0.1, 0.15) is 45.4 Å². The highest BCUT2D eigenvalue weighted by molar-refractivity contribution is 5.82. The quantitative estimate of drug-likeness (QED) is 0.724.